The van der Waals surface area contributed by atoms with Crippen molar-refractivity contribution in [3.05, 3.63) is 18.4 Å². The zero-order chi connectivity index (χ0) is 7.82. The zero-order valence-electron chi connectivity index (χ0n) is 5.89. The highest BCUT2D eigenvalue weighted by molar-refractivity contribution is 5.77. The summed E-state index contributed by atoms with van der Waals surface area (Å²) in [5.74, 6) is -0.127. The van der Waals surface area contributed by atoms with E-state index in [-0.39, 0.29) is 12.5 Å². The Balaban J connectivity index is 3.19. The minimum atomic E-state index is -0.127. The molecule has 0 atom stereocenters. The number of nitrogens with one attached hydrogen (secondary N) is 1. The van der Waals surface area contributed by atoms with Crippen LogP contribution in [0.15, 0.2) is 18.4 Å². The van der Waals surface area contributed by atoms with Crippen LogP contribution in [0.3, 0.4) is 0 Å². The molecule has 0 fully saturated rings. The average molecular weight is 140 g/mol. The maximum atomic E-state index is 10.5. The van der Waals surface area contributed by atoms with E-state index in [1.807, 2.05) is 0 Å². The summed E-state index contributed by atoms with van der Waals surface area (Å²) in [5, 5.41) is 2.60. The molecule has 1 amide bonds. The van der Waals surface area contributed by atoms with Gasteiger partial charge in [0.1, 0.15) is 0 Å². The van der Waals surface area contributed by atoms with Crippen LogP contribution in [0.4, 0.5) is 0 Å². The van der Waals surface area contributed by atoms with E-state index in [0.29, 0.717) is 6.54 Å². The molecule has 3 N–H and O–H groups in total. The Morgan fingerprint density at radius 2 is 2.50 bits per heavy atom. The molecule has 0 spiro atoms. The Morgan fingerprint density at radius 3 is 3.00 bits per heavy atom. The Morgan fingerprint density at radius 1 is 1.80 bits per heavy atom. The molecule has 0 radical (unpaired) electrons. The number of hydrogen-bond acceptors (Lipinski definition) is 2. The highest BCUT2D eigenvalue weighted by Crippen LogP contribution is 1.75. The van der Waals surface area contributed by atoms with Gasteiger partial charge in [-0.05, 0) is 12.5 Å². The minimum absolute atomic E-state index is 0.0534. The monoisotopic (exact) mass is 140 g/mol. The number of rotatable bonds is 4. The summed E-state index contributed by atoms with van der Waals surface area (Å²) in [4.78, 5) is 10.5. The molecule has 10 heavy (non-hydrogen) atoms. The standard InChI is InChI=1S/C7H12N2O/c1-2-3-4-5-9-7(10)6-8/h3H,1,4-6,8H2,(H,9,10). The van der Waals surface area contributed by atoms with E-state index in [1.165, 1.54) is 0 Å². The van der Waals surface area contributed by atoms with Crippen molar-refractivity contribution >= 4 is 5.91 Å². The van der Waals surface area contributed by atoms with Crippen LogP contribution in [0.2, 0.25) is 0 Å². The lowest BCUT2D eigenvalue weighted by Gasteiger charge is -1.97. The second-order valence-electron chi connectivity index (χ2n) is 1.75. The van der Waals surface area contributed by atoms with E-state index in [4.69, 9.17) is 5.73 Å². The molecule has 0 aromatic rings. The fourth-order valence-corrected chi connectivity index (χ4v) is 0.458. The molecule has 3 nitrogen and oxygen atoms in total. The molecule has 0 rings (SSSR count). The summed E-state index contributed by atoms with van der Waals surface area (Å²) < 4.78 is 0. The van der Waals surface area contributed by atoms with Crippen molar-refractivity contribution < 1.29 is 4.79 Å². The predicted octanol–water partition coefficient (Wildman–Crippen LogP) is -0.208. The molecule has 3 heteroatoms. The molecule has 0 saturated heterocycles. The van der Waals surface area contributed by atoms with E-state index >= 15 is 0 Å². The van der Waals surface area contributed by atoms with Gasteiger partial charge in [0.05, 0.1) is 6.54 Å². The second-order valence-corrected chi connectivity index (χ2v) is 1.75. The lowest BCUT2D eigenvalue weighted by molar-refractivity contribution is -0.119. The van der Waals surface area contributed by atoms with Crippen molar-refractivity contribution in [1.29, 1.82) is 0 Å². The summed E-state index contributed by atoms with van der Waals surface area (Å²) in [6, 6.07) is 0. The minimum Gasteiger partial charge on any atom is -0.355 e. The van der Waals surface area contributed by atoms with Gasteiger partial charge in [-0.15, -0.1) is 5.73 Å². The van der Waals surface area contributed by atoms with Crippen LogP contribution in [0.5, 0.6) is 0 Å². The normalized spacial score (nSPS) is 8.10. The van der Waals surface area contributed by atoms with Crippen LogP contribution in [-0.2, 0) is 4.79 Å². The molecule has 0 aromatic heterocycles. The van der Waals surface area contributed by atoms with Gasteiger partial charge in [-0.25, -0.2) is 0 Å². The summed E-state index contributed by atoms with van der Waals surface area (Å²) in [6.45, 7) is 4.04. The van der Waals surface area contributed by atoms with Crippen LogP contribution in [-0.4, -0.2) is 19.0 Å². The van der Waals surface area contributed by atoms with E-state index in [1.54, 1.807) is 6.08 Å². The molecule has 0 unspecified atom stereocenters. The molecule has 0 saturated carbocycles. The lowest BCUT2D eigenvalue weighted by Crippen LogP contribution is -2.30. The maximum Gasteiger partial charge on any atom is 0.233 e. The lowest BCUT2D eigenvalue weighted by atomic mass is 10.4. The van der Waals surface area contributed by atoms with Crippen LogP contribution >= 0.6 is 0 Å². The average Bonchev–Trinajstić information content (AvgIpc) is 1.98. The van der Waals surface area contributed by atoms with Crippen molar-refractivity contribution in [2.24, 2.45) is 5.73 Å². The van der Waals surface area contributed by atoms with Crippen LogP contribution in [0, 0.1) is 0 Å². The van der Waals surface area contributed by atoms with Gasteiger partial charge >= 0.3 is 0 Å². The molecule has 56 valence electrons. The third-order valence-electron chi connectivity index (χ3n) is 0.941. The van der Waals surface area contributed by atoms with Crippen LogP contribution in [0.1, 0.15) is 6.42 Å². The quantitative estimate of drug-likeness (QED) is 0.419. The number of carbonyl (C=O) groups is 1. The van der Waals surface area contributed by atoms with Gasteiger partial charge in [-0.1, -0.05) is 6.58 Å². The number of nitrogens with two attached hydrogens (primary N) is 1. The van der Waals surface area contributed by atoms with Gasteiger partial charge in [0.25, 0.3) is 0 Å². The maximum absolute atomic E-state index is 10.5. The van der Waals surface area contributed by atoms with Gasteiger partial charge in [0.2, 0.25) is 5.91 Å². The summed E-state index contributed by atoms with van der Waals surface area (Å²) in [6.07, 6.45) is 2.52. The smallest absolute Gasteiger partial charge is 0.233 e. The Kier molecular flexibility index (Phi) is 5.44. The Bertz CT molecular complexity index is 148. The van der Waals surface area contributed by atoms with E-state index in [0.717, 1.165) is 6.42 Å². The molecule has 0 aromatic carbocycles. The summed E-state index contributed by atoms with van der Waals surface area (Å²) >= 11 is 0. The molecule has 0 heterocycles. The first kappa shape index (κ1) is 8.95. The molecule has 0 aliphatic rings. The van der Waals surface area contributed by atoms with Crippen molar-refractivity contribution in [2.75, 3.05) is 13.1 Å². The van der Waals surface area contributed by atoms with Crippen molar-refractivity contribution in [2.45, 2.75) is 6.42 Å². The molecular formula is C7H12N2O. The highest BCUT2D eigenvalue weighted by Gasteiger charge is 1.91. The Hall–Kier alpha value is -1.05. The molecular weight excluding hydrogens is 128 g/mol. The fraction of sp³-hybridized carbons (Fsp3) is 0.429. The zero-order valence-corrected chi connectivity index (χ0v) is 5.89. The SMILES string of the molecule is C=C=CCCNC(=O)CN. The van der Waals surface area contributed by atoms with Gasteiger partial charge < -0.3 is 11.1 Å². The van der Waals surface area contributed by atoms with Gasteiger partial charge in [0, 0.05) is 6.54 Å². The number of amides is 1. The molecule has 0 aliphatic carbocycles. The van der Waals surface area contributed by atoms with Crippen molar-refractivity contribution in [3.63, 3.8) is 0 Å². The second kappa shape index (κ2) is 6.08. The van der Waals surface area contributed by atoms with Gasteiger partial charge in [0.15, 0.2) is 0 Å². The van der Waals surface area contributed by atoms with Crippen molar-refractivity contribution in [3.8, 4) is 0 Å². The van der Waals surface area contributed by atoms with Gasteiger partial charge in [-0.2, -0.15) is 0 Å². The number of carbonyl (C=O) groups excluding carboxylic acids is 1. The fourth-order valence-electron chi connectivity index (χ4n) is 0.458. The summed E-state index contributed by atoms with van der Waals surface area (Å²) in [7, 11) is 0. The largest absolute Gasteiger partial charge is 0.355 e. The third-order valence-corrected chi connectivity index (χ3v) is 0.941. The molecule has 0 aliphatic heterocycles. The first-order valence-corrected chi connectivity index (χ1v) is 3.12. The first-order chi connectivity index (χ1) is 4.81. The highest BCUT2D eigenvalue weighted by atomic mass is 16.1. The van der Waals surface area contributed by atoms with Crippen LogP contribution in [0.25, 0.3) is 0 Å². The molecule has 0 bridgehead atoms. The van der Waals surface area contributed by atoms with E-state index in [2.05, 4.69) is 17.6 Å². The van der Waals surface area contributed by atoms with Crippen molar-refractivity contribution in [1.82, 2.24) is 5.32 Å². The van der Waals surface area contributed by atoms with Gasteiger partial charge in [-0.3, -0.25) is 4.79 Å². The van der Waals surface area contributed by atoms with E-state index < -0.39 is 0 Å². The third kappa shape index (κ3) is 5.09. The number of hydrogen-bond donors (Lipinski definition) is 2. The first-order valence-electron chi connectivity index (χ1n) is 3.12. The Labute approximate surface area is 60.6 Å². The topological polar surface area (TPSA) is 55.1 Å². The summed E-state index contributed by atoms with van der Waals surface area (Å²) in [5.41, 5.74) is 7.64. The predicted molar refractivity (Wildman–Crippen MR) is 40.4 cm³/mol. The van der Waals surface area contributed by atoms with Crippen LogP contribution < -0.4 is 11.1 Å². The van der Waals surface area contributed by atoms with E-state index in [9.17, 15) is 4.79 Å².